The van der Waals surface area contributed by atoms with Gasteiger partial charge < -0.3 is 5.32 Å². The van der Waals surface area contributed by atoms with E-state index in [-0.39, 0.29) is 21.5 Å². The van der Waals surface area contributed by atoms with E-state index in [2.05, 4.69) is 15.1 Å². The van der Waals surface area contributed by atoms with Crippen molar-refractivity contribution in [2.24, 2.45) is 7.05 Å². The monoisotopic (exact) mass is 422 g/mol. The normalized spacial score (nSPS) is 11.3. The quantitative estimate of drug-likeness (QED) is 0.657. The van der Waals surface area contributed by atoms with Crippen LogP contribution in [0.5, 0.6) is 0 Å². The molecule has 7 nitrogen and oxygen atoms in total. The number of benzene rings is 2. The lowest BCUT2D eigenvalue weighted by Crippen LogP contribution is -2.15. The van der Waals surface area contributed by atoms with Crippen LogP contribution >= 0.6 is 11.6 Å². The van der Waals surface area contributed by atoms with Gasteiger partial charge >= 0.3 is 0 Å². The predicted molar refractivity (Wildman–Crippen MR) is 105 cm³/mol. The second-order valence-electron chi connectivity index (χ2n) is 6.01. The van der Waals surface area contributed by atoms with E-state index in [9.17, 15) is 17.6 Å². The molecule has 0 spiro atoms. The molecular formula is C18H16ClFN4O3S. The lowest BCUT2D eigenvalue weighted by Gasteiger charge is -2.10. The average Bonchev–Trinajstić information content (AvgIpc) is 2.94. The highest BCUT2D eigenvalue weighted by Crippen LogP contribution is 2.22. The van der Waals surface area contributed by atoms with Gasteiger partial charge in [-0.1, -0.05) is 11.6 Å². The number of amides is 1. The number of carbonyl (C=O) groups is 1. The fourth-order valence-corrected chi connectivity index (χ4v) is 3.79. The summed E-state index contributed by atoms with van der Waals surface area (Å²) in [5, 5.41) is 6.58. The molecule has 1 aromatic heterocycles. The van der Waals surface area contributed by atoms with Gasteiger partial charge in [0, 0.05) is 24.4 Å². The second-order valence-corrected chi connectivity index (χ2v) is 8.10. The van der Waals surface area contributed by atoms with Crippen LogP contribution < -0.4 is 10.0 Å². The maximum Gasteiger partial charge on any atom is 0.261 e. The van der Waals surface area contributed by atoms with E-state index in [0.29, 0.717) is 11.4 Å². The number of anilines is 2. The first-order valence-corrected chi connectivity index (χ1v) is 9.92. The number of hydrogen-bond acceptors (Lipinski definition) is 4. The fraction of sp³-hybridized carbons (Fsp3) is 0.111. The molecule has 0 saturated carbocycles. The molecule has 0 unspecified atom stereocenters. The van der Waals surface area contributed by atoms with Crippen LogP contribution in [-0.2, 0) is 17.1 Å². The summed E-state index contributed by atoms with van der Waals surface area (Å²) in [7, 11) is -2.24. The SMILES string of the molecule is Cc1cc(NC(=O)c2ccc(NS(=O)(=O)c3ccc(F)c(Cl)c3)cc2)n(C)n1. The number of aromatic nitrogens is 2. The number of rotatable bonds is 5. The number of hydrogen-bond donors (Lipinski definition) is 2. The number of halogens is 2. The first kappa shape index (κ1) is 19.8. The molecule has 0 radical (unpaired) electrons. The molecule has 1 heterocycles. The van der Waals surface area contributed by atoms with E-state index in [1.54, 1.807) is 17.8 Å². The van der Waals surface area contributed by atoms with Crippen molar-refractivity contribution in [1.82, 2.24) is 9.78 Å². The molecule has 146 valence electrons. The Morgan fingerprint density at radius 2 is 1.82 bits per heavy atom. The minimum atomic E-state index is -3.95. The summed E-state index contributed by atoms with van der Waals surface area (Å²) in [4.78, 5) is 12.1. The van der Waals surface area contributed by atoms with E-state index >= 15 is 0 Å². The molecule has 0 aliphatic rings. The van der Waals surface area contributed by atoms with E-state index in [1.807, 2.05) is 6.92 Å². The average molecular weight is 423 g/mol. The Hall–Kier alpha value is -2.91. The highest BCUT2D eigenvalue weighted by atomic mass is 35.5. The van der Waals surface area contributed by atoms with Gasteiger partial charge in [0.1, 0.15) is 11.6 Å². The van der Waals surface area contributed by atoms with Crippen molar-refractivity contribution in [1.29, 1.82) is 0 Å². The smallest absolute Gasteiger partial charge is 0.261 e. The van der Waals surface area contributed by atoms with Crippen LogP contribution in [0.1, 0.15) is 16.1 Å². The van der Waals surface area contributed by atoms with Gasteiger partial charge in [-0.2, -0.15) is 5.10 Å². The van der Waals surface area contributed by atoms with E-state index < -0.39 is 15.8 Å². The molecule has 28 heavy (non-hydrogen) atoms. The number of carbonyl (C=O) groups excluding carboxylic acids is 1. The van der Waals surface area contributed by atoms with E-state index in [1.165, 1.54) is 24.3 Å². The zero-order valence-electron chi connectivity index (χ0n) is 14.9. The third kappa shape index (κ3) is 4.32. The van der Waals surface area contributed by atoms with Crippen molar-refractivity contribution in [2.45, 2.75) is 11.8 Å². The van der Waals surface area contributed by atoms with Crippen molar-refractivity contribution < 1.29 is 17.6 Å². The summed E-state index contributed by atoms with van der Waals surface area (Å²) >= 11 is 5.64. The Morgan fingerprint density at radius 3 is 2.39 bits per heavy atom. The van der Waals surface area contributed by atoms with E-state index in [4.69, 9.17) is 11.6 Å². The molecule has 2 aromatic carbocycles. The van der Waals surface area contributed by atoms with Gasteiger partial charge in [-0.15, -0.1) is 0 Å². The first-order chi connectivity index (χ1) is 13.2. The van der Waals surface area contributed by atoms with Crippen LogP contribution in [0, 0.1) is 12.7 Å². The molecule has 0 aliphatic heterocycles. The number of nitrogens with one attached hydrogen (secondary N) is 2. The van der Waals surface area contributed by atoms with Crippen LogP contribution in [0.15, 0.2) is 53.4 Å². The van der Waals surface area contributed by atoms with Gasteiger partial charge in [-0.05, 0) is 49.4 Å². The summed E-state index contributed by atoms with van der Waals surface area (Å²) < 4.78 is 41.9. The van der Waals surface area contributed by atoms with Crippen molar-refractivity contribution in [3.63, 3.8) is 0 Å². The Labute approximate surface area is 166 Å². The van der Waals surface area contributed by atoms with Gasteiger partial charge in [-0.25, -0.2) is 12.8 Å². The third-order valence-electron chi connectivity index (χ3n) is 3.84. The zero-order chi connectivity index (χ0) is 20.5. The summed E-state index contributed by atoms with van der Waals surface area (Å²) in [5.74, 6) is -0.525. The highest BCUT2D eigenvalue weighted by Gasteiger charge is 2.17. The number of sulfonamides is 1. The molecule has 3 aromatic rings. The summed E-state index contributed by atoms with van der Waals surface area (Å²) in [6.07, 6.45) is 0. The standard InChI is InChI=1S/C18H16ClFN4O3S/c1-11-9-17(24(2)22-11)21-18(25)12-3-5-13(6-4-12)23-28(26,27)14-7-8-16(20)15(19)10-14/h3-10,23H,1-2H3,(H,21,25). The molecule has 0 atom stereocenters. The molecule has 2 N–H and O–H groups in total. The van der Waals surface area contributed by atoms with Crippen molar-refractivity contribution in [3.8, 4) is 0 Å². The Balaban J connectivity index is 1.74. The lowest BCUT2D eigenvalue weighted by atomic mass is 10.2. The molecular weight excluding hydrogens is 407 g/mol. The topological polar surface area (TPSA) is 93.1 Å². The minimum absolute atomic E-state index is 0.174. The molecule has 3 rings (SSSR count). The summed E-state index contributed by atoms with van der Waals surface area (Å²) in [5.41, 5.74) is 1.35. The van der Waals surface area contributed by atoms with Crippen molar-refractivity contribution >= 4 is 39.0 Å². The van der Waals surface area contributed by atoms with Crippen molar-refractivity contribution in [3.05, 3.63) is 70.6 Å². The second kappa shape index (κ2) is 7.61. The third-order valence-corrected chi connectivity index (χ3v) is 5.51. The Kier molecular flexibility index (Phi) is 5.39. The largest absolute Gasteiger partial charge is 0.307 e. The maximum atomic E-state index is 13.2. The van der Waals surface area contributed by atoms with Crippen LogP contribution in [0.4, 0.5) is 15.9 Å². The van der Waals surface area contributed by atoms with Crippen molar-refractivity contribution in [2.75, 3.05) is 10.0 Å². The maximum absolute atomic E-state index is 13.2. The van der Waals surface area contributed by atoms with Gasteiger partial charge in [0.2, 0.25) is 0 Å². The minimum Gasteiger partial charge on any atom is -0.307 e. The molecule has 0 saturated heterocycles. The van der Waals surface area contributed by atoms with Gasteiger partial charge in [-0.3, -0.25) is 14.2 Å². The number of nitrogens with zero attached hydrogens (tertiary/aromatic N) is 2. The first-order valence-electron chi connectivity index (χ1n) is 8.05. The summed E-state index contributed by atoms with van der Waals surface area (Å²) in [6, 6.07) is 10.7. The predicted octanol–water partition coefficient (Wildman–Crippen LogP) is 3.57. The van der Waals surface area contributed by atoms with Crippen LogP contribution in [0.25, 0.3) is 0 Å². The fourth-order valence-electron chi connectivity index (χ4n) is 2.46. The Bertz CT molecular complexity index is 1140. The van der Waals surface area contributed by atoms with Gasteiger partial charge in [0.15, 0.2) is 0 Å². The van der Waals surface area contributed by atoms with Gasteiger partial charge in [0.05, 0.1) is 15.6 Å². The lowest BCUT2D eigenvalue weighted by molar-refractivity contribution is 0.102. The molecule has 0 aliphatic carbocycles. The van der Waals surface area contributed by atoms with Crippen LogP contribution in [0.2, 0.25) is 5.02 Å². The molecule has 1 amide bonds. The highest BCUT2D eigenvalue weighted by molar-refractivity contribution is 7.92. The molecule has 10 heteroatoms. The number of aryl methyl sites for hydroxylation is 2. The Morgan fingerprint density at radius 1 is 1.14 bits per heavy atom. The molecule has 0 bridgehead atoms. The zero-order valence-corrected chi connectivity index (χ0v) is 16.5. The summed E-state index contributed by atoms with van der Waals surface area (Å²) in [6.45, 7) is 1.81. The van der Waals surface area contributed by atoms with E-state index in [0.717, 1.165) is 23.9 Å². The van der Waals surface area contributed by atoms with Crippen LogP contribution in [0.3, 0.4) is 0 Å². The molecule has 0 fully saturated rings. The van der Waals surface area contributed by atoms with Gasteiger partial charge in [0.25, 0.3) is 15.9 Å². The van der Waals surface area contributed by atoms with Crippen LogP contribution in [-0.4, -0.2) is 24.1 Å².